The molecule has 27 heavy (non-hydrogen) atoms. The predicted molar refractivity (Wildman–Crippen MR) is 99.6 cm³/mol. The Balaban J connectivity index is 1.43. The highest BCUT2D eigenvalue weighted by Gasteiger charge is 2.32. The van der Waals surface area contributed by atoms with Crippen LogP contribution >= 0.6 is 0 Å². The second-order valence-corrected chi connectivity index (χ2v) is 6.87. The molecule has 2 aromatic heterocycles. The number of carbonyl (C=O) groups excluding carboxylic acids is 1. The number of hydrogen-bond donors (Lipinski definition) is 2. The fourth-order valence-corrected chi connectivity index (χ4v) is 3.65. The minimum Gasteiger partial charge on any atom is -0.389 e. The van der Waals surface area contributed by atoms with E-state index < -0.39 is 6.10 Å². The second-order valence-electron chi connectivity index (χ2n) is 6.87. The number of rotatable bonds is 4. The molecule has 2 atom stereocenters. The summed E-state index contributed by atoms with van der Waals surface area (Å²) in [5.41, 5.74) is 0.248. The molecule has 0 aromatic carbocycles. The van der Waals surface area contributed by atoms with Gasteiger partial charge in [0, 0.05) is 51.0 Å². The van der Waals surface area contributed by atoms with Crippen LogP contribution in [-0.2, 0) is 0 Å². The van der Waals surface area contributed by atoms with Gasteiger partial charge in [0.05, 0.1) is 18.3 Å². The summed E-state index contributed by atoms with van der Waals surface area (Å²) in [7, 11) is 0. The van der Waals surface area contributed by atoms with Gasteiger partial charge in [0.15, 0.2) is 11.6 Å². The van der Waals surface area contributed by atoms with Crippen LogP contribution in [-0.4, -0.2) is 69.3 Å². The number of piperidine rings is 1. The van der Waals surface area contributed by atoms with Crippen molar-refractivity contribution in [2.24, 2.45) is 0 Å². The Labute approximate surface area is 157 Å². The quantitative estimate of drug-likeness (QED) is 0.789. The van der Waals surface area contributed by atoms with Crippen molar-refractivity contribution in [3.05, 3.63) is 36.7 Å². The zero-order chi connectivity index (χ0) is 18.6. The molecule has 9 heteroatoms. The Bertz CT molecular complexity index is 782. The van der Waals surface area contributed by atoms with Crippen molar-refractivity contribution in [1.82, 2.24) is 25.3 Å². The van der Waals surface area contributed by atoms with Crippen LogP contribution in [0.15, 0.2) is 31.0 Å². The van der Waals surface area contributed by atoms with Gasteiger partial charge in [0.25, 0.3) is 5.91 Å². The fraction of sp³-hybridized carbons (Fsp3) is 0.500. The number of aromatic nitrogens is 4. The van der Waals surface area contributed by atoms with Gasteiger partial charge in [-0.1, -0.05) is 0 Å². The molecule has 2 aromatic rings. The second kappa shape index (κ2) is 7.83. The maximum absolute atomic E-state index is 12.3. The topological polar surface area (TPSA) is 107 Å². The summed E-state index contributed by atoms with van der Waals surface area (Å²) in [6, 6.07) is -0.331. The Morgan fingerprint density at radius 2 is 1.70 bits per heavy atom. The molecule has 4 heterocycles. The first kappa shape index (κ1) is 17.6. The van der Waals surface area contributed by atoms with Gasteiger partial charge in [-0.25, -0.2) is 15.0 Å². The Morgan fingerprint density at radius 3 is 2.37 bits per heavy atom. The van der Waals surface area contributed by atoms with E-state index in [0.717, 1.165) is 37.6 Å². The molecule has 2 aliphatic rings. The van der Waals surface area contributed by atoms with E-state index in [1.165, 1.54) is 18.6 Å². The van der Waals surface area contributed by atoms with Crippen LogP contribution < -0.4 is 15.1 Å². The molecule has 4 rings (SSSR count). The van der Waals surface area contributed by atoms with Gasteiger partial charge in [-0.3, -0.25) is 9.78 Å². The third kappa shape index (κ3) is 3.82. The lowest BCUT2D eigenvalue weighted by Gasteiger charge is -2.37. The first-order valence-electron chi connectivity index (χ1n) is 9.28. The van der Waals surface area contributed by atoms with Crippen LogP contribution in [0.1, 0.15) is 29.8 Å². The number of nitrogens with zero attached hydrogens (tertiary/aromatic N) is 6. The highest BCUT2D eigenvalue weighted by molar-refractivity contribution is 5.92. The number of nitrogens with one attached hydrogen (secondary N) is 1. The molecule has 0 bridgehead atoms. The molecule has 2 N–H and O–H groups in total. The van der Waals surface area contributed by atoms with Crippen molar-refractivity contribution < 1.29 is 9.90 Å². The first-order chi connectivity index (χ1) is 13.2. The molecule has 1 amide bonds. The zero-order valence-electron chi connectivity index (χ0n) is 15.0. The number of carbonyl (C=O) groups is 1. The van der Waals surface area contributed by atoms with Crippen LogP contribution in [0.4, 0.5) is 11.6 Å². The van der Waals surface area contributed by atoms with E-state index in [1.54, 1.807) is 12.4 Å². The van der Waals surface area contributed by atoms with Crippen molar-refractivity contribution >= 4 is 17.5 Å². The van der Waals surface area contributed by atoms with Crippen LogP contribution in [0.2, 0.25) is 0 Å². The molecule has 2 saturated heterocycles. The number of amides is 1. The summed E-state index contributed by atoms with van der Waals surface area (Å²) in [6.45, 7) is 3.05. The third-order valence-corrected chi connectivity index (χ3v) is 5.06. The summed E-state index contributed by atoms with van der Waals surface area (Å²) in [6.07, 6.45) is 10.0. The van der Waals surface area contributed by atoms with Crippen LogP contribution in [0.25, 0.3) is 0 Å². The van der Waals surface area contributed by atoms with E-state index in [2.05, 4.69) is 35.1 Å². The predicted octanol–water partition coefficient (Wildman–Crippen LogP) is 0.236. The van der Waals surface area contributed by atoms with Crippen molar-refractivity contribution in [3.63, 3.8) is 0 Å². The highest BCUT2D eigenvalue weighted by Crippen LogP contribution is 2.29. The minimum atomic E-state index is -0.701. The van der Waals surface area contributed by atoms with Crippen LogP contribution in [0.3, 0.4) is 0 Å². The SMILES string of the molecule is O=C(N[C@@H]1CCN(c2nccnc2N2CCCC2)C[C@H]1O)c1cnccn1. The number of hydrogen-bond acceptors (Lipinski definition) is 8. The standard InChI is InChI=1S/C18H23N7O2/c26-15-12-25(17-16(21-6-7-22-17)24-8-1-2-9-24)10-3-13(15)23-18(27)14-11-19-4-5-20-14/h4-7,11,13,15,26H,1-3,8-10,12H2,(H,23,27)/t13-,15-/m1/s1. The maximum Gasteiger partial charge on any atom is 0.271 e. The first-order valence-corrected chi connectivity index (χ1v) is 9.28. The number of anilines is 2. The van der Waals surface area contributed by atoms with Crippen LogP contribution in [0.5, 0.6) is 0 Å². The molecular weight excluding hydrogens is 346 g/mol. The average molecular weight is 369 g/mol. The van der Waals surface area contributed by atoms with Gasteiger partial charge < -0.3 is 20.2 Å². The summed E-state index contributed by atoms with van der Waals surface area (Å²) < 4.78 is 0. The number of aliphatic hydroxyl groups excluding tert-OH is 1. The number of aliphatic hydroxyl groups is 1. The summed E-state index contributed by atoms with van der Waals surface area (Å²) in [5.74, 6) is 1.36. The Hall–Kier alpha value is -2.81. The van der Waals surface area contributed by atoms with Crippen molar-refractivity contribution in [2.45, 2.75) is 31.4 Å². The Kier molecular flexibility index (Phi) is 5.10. The fourth-order valence-electron chi connectivity index (χ4n) is 3.65. The zero-order valence-corrected chi connectivity index (χ0v) is 15.0. The van der Waals surface area contributed by atoms with Gasteiger partial charge in [-0.05, 0) is 19.3 Å². The lowest BCUT2D eigenvalue weighted by atomic mass is 10.0. The van der Waals surface area contributed by atoms with E-state index in [-0.39, 0.29) is 17.6 Å². The van der Waals surface area contributed by atoms with Crippen molar-refractivity contribution in [2.75, 3.05) is 36.0 Å². The maximum atomic E-state index is 12.3. The molecule has 9 nitrogen and oxygen atoms in total. The van der Waals surface area contributed by atoms with E-state index in [4.69, 9.17) is 0 Å². The highest BCUT2D eigenvalue weighted by atomic mass is 16.3. The third-order valence-electron chi connectivity index (χ3n) is 5.06. The molecule has 0 spiro atoms. The van der Waals surface area contributed by atoms with E-state index >= 15 is 0 Å². The summed E-state index contributed by atoms with van der Waals surface area (Å²) in [5, 5.41) is 13.5. The largest absolute Gasteiger partial charge is 0.389 e. The molecule has 2 fully saturated rings. The lowest BCUT2D eigenvalue weighted by molar-refractivity contribution is 0.0793. The molecule has 142 valence electrons. The normalized spacial score (nSPS) is 22.7. The summed E-state index contributed by atoms with van der Waals surface area (Å²) >= 11 is 0. The molecule has 0 radical (unpaired) electrons. The van der Waals surface area contributed by atoms with Gasteiger partial charge in [-0.2, -0.15) is 0 Å². The van der Waals surface area contributed by atoms with Crippen LogP contribution in [0, 0.1) is 0 Å². The summed E-state index contributed by atoms with van der Waals surface area (Å²) in [4.78, 5) is 33.5. The molecule has 2 aliphatic heterocycles. The van der Waals surface area contributed by atoms with Crippen molar-refractivity contribution in [3.8, 4) is 0 Å². The smallest absolute Gasteiger partial charge is 0.271 e. The van der Waals surface area contributed by atoms with Gasteiger partial charge in [0.2, 0.25) is 0 Å². The average Bonchev–Trinajstić information content (AvgIpc) is 3.25. The minimum absolute atomic E-state index is 0.248. The molecule has 0 unspecified atom stereocenters. The Morgan fingerprint density at radius 1 is 1.00 bits per heavy atom. The molecule has 0 saturated carbocycles. The van der Waals surface area contributed by atoms with E-state index in [0.29, 0.717) is 19.5 Å². The van der Waals surface area contributed by atoms with E-state index in [9.17, 15) is 9.90 Å². The van der Waals surface area contributed by atoms with E-state index in [1.807, 2.05) is 0 Å². The van der Waals surface area contributed by atoms with Crippen molar-refractivity contribution in [1.29, 1.82) is 0 Å². The van der Waals surface area contributed by atoms with Gasteiger partial charge >= 0.3 is 0 Å². The molecular formula is C18H23N7O2. The van der Waals surface area contributed by atoms with Gasteiger partial charge in [0.1, 0.15) is 5.69 Å². The molecule has 0 aliphatic carbocycles. The number of β-amino-alcohol motifs (C(OH)–C–C–N with tert-alkyl or cyclic N) is 1. The monoisotopic (exact) mass is 369 g/mol. The lowest BCUT2D eigenvalue weighted by Crippen LogP contribution is -2.54. The van der Waals surface area contributed by atoms with Gasteiger partial charge in [-0.15, -0.1) is 0 Å².